The number of methoxy groups -OCH3 is 1. The third-order valence-corrected chi connectivity index (χ3v) is 8.03. The molecule has 5 heterocycles. The van der Waals surface area contributed by atoms with E-state index in [1.807, 2.05) is 36.4 Å². The molecule has 2 aromatic heterocycles. The van der Waals surface area contributed by atoms with Gasteiger partial charge in [0.2, 0.25) is 11.8 Å². The maximum absolute atomic E-state index is 12.6. The number of anilines is 3. The first-order valence-electron chi connectivity index (χ1n) is 12.4. The molecule has 0 radical (unpaired) electrons. The van der Waals surface area contributed by atoms with Crippen LogP contribution in [0.1, 0.15) is 12.8 Å². The minimum atomic E-state index is -0.344. The average molecular weight is 521 g/mol. The molecule has 10 nitrogen and oxygen atoms in total. The van der Waals surface area contributed by atoms with Gasteiger partial charge in [0.15, 0.2) is 0 Å². The van der Waals surface area contributed by atoms with Gasteiger partial charge in [0.25, 0.3) is 0 Å². The molecule has 0 unspecified atom stereocenters. The molecule has 3 aliphatic heterocycles. The fourth-order valence-corrected chi connectivity index (χ4v) is 5.86. The van der Waals surface area contributed by atoms with Crippen molar-refractivity contribution in [2.75, 3.05) is 54.6 Å². The number of amides is 2. The Balaban J connectivity index is 1.04. The van der Waals surface area contributed by atoms with E-state index in [9.17, 15) is 9.59 Å². The summed E-state index contributed by atoms with van der Waals surface area (Å²) >= 11 is 1.50. The summed E-state index contributed by atoms with van der Waals surface area (Å²) in [5.74, 6) is 0.956. The first-order chi connectivity index (χ1) is 18.1. The zero-order chi connectivity index (χ0) is 25.4. The van der Waals surface area contributed by atoms with E-state index in [0.717, 1.165) is 58.9 Å². The summed E-state index contributed by atoms with van der Waals surface area (Å²) in [6.07, 6.45) is 3.20. The van der Waals surface area contributed by atoms with Gasteiger partial charge in [-0.1, -0.05) is 0 Å². The normalized spacial score (nSPS) is 20.5. The van der Waals surface area contributed by atoms with Crippen LogP contribution in [0.4, 0.5) is 21.9 Å². The van der Waals surface area contributed by atoms with Gasteiger partial charge < -0.3 is 20.1 Å². The third-order valence-electron chi connectivity index (χ3n) is 6.96. The van der Waals surface area contributed by atoms with E-state index >= 15 is 0 Å². The highest BCUT2D eigenvalue weighted by Crippen LogP contribution is 2.35. The zero-order valence-corrected chi connectivity index (χ0v) is 21.3. The number of aromatic nitrogens is 2. The van der Waals surface area contributed by atoms with Gasteiger partial charge in [0.05, 0.1) is 36.3 Å². The van der Waals surface area contributed by atoms with Crippen molar-refractivity contribution in [3.63, 3.8) is 0 Å². The second kappa shape index (κ2) is 10.1. The van der Waals surface area contributed by atoms with Crippen LogP contribution in [0.25, 0.3) is 11.0 Å². The second-order valence-electron chi connectivity index (χ2n) is 9.43. The number of thioether (sulfide) groups is 1. The Morgan fingerprint density at radius 3 is 2.89 bits per heavy atom. The molecule has 192 valence electrons. The Morgan fingerprint density at radius 1 is 1.19 bits per heavy atom. The molecule has 0 saturated carbocycles. The van der Waals surface area contributed by atoms with Crippen LogP contribution in [0, 0.1) is 0 Å². The van der Waals surface area contributed by atoms with Gasteiger partial charge in [-0.3, -0.25) is 19.6 Å². The lowest BCUT2D eigenvalue weighted by Gasteiger charge is -2.33. The van der Waals surface area contributed by atoms with Crippen molar-refractivity contribution in [1.82, 2.24) is 14.9 Å². The SMILES string of the molecule is COc1ccc2nccc(NC3CCN(C[C@@H]4CN(c5ccc6c(c5)NC(=O)CS6)C(=O)O4)CC3)c2n1. The second-order valence-corrected chi connectivity index (χ2v) is 10.4. The number of nitrogens with zero attached hydrogens (tertiary/aromatic N) is 4. The molecule has 1 atom stereocenters. The number of rotatable bonds is 6. The average Bonchev–Trinajstić information content (AvgIpc) is 3.29. The number of fused-ring (bicyclic) bond motifs is 2. The molecular weight excluding hydrogens is 492 g/mol. The fourth-order valence-electron chi connectivity index (χ4n) is 5.07. The van der Waals surface area contributed by atoms with Gasteiger partial charge in [0, 0.05) is 48.5 Å². The molecular formula is C26H28N6O4S. The van der Waals surface area contributed by atoms with Gasteiger partial charge in [0.1, 0.15) is 11.6 Å². The predicted molar refractivity (Wildman–Crippen MR) is 143 cm³/mol. The molecule has 2 N–H and O–H groups in total. The Kier molecular flexibility index (Phi) is 6.47. The van der Waals surface area contributed by atoms with E-state index in [-0.39, 0.29) is 18.1 Å². The highest BCUT2D eigenvalue weighted by molar-refractivity contribution is 8.00. The number of carbonyl (C=O) groups excluding carboxylic acids is 2. The Labute approximate surface area is 218 Å². The van der Waals surface area contributed by atoms with Crippen LogP contribution in [0.3, 0.4) is 0 Å². The largest absolute Gasteiger partial charge is 0.481 e. The molecule has 1 aromatic carbocycles. The number of cyclic esters (lactones) is 1. The monoisotopic (exact) mass is 520 g/mol. The number of pyridine rings is 2. The summed E-state index contributed by atoms with van der Waals surface area (Å²) < 4.78 is 11.0. The van der Waals surface area contributed by atoms with Gasteiger partial charge in [-0.25, -0.2) is 9.78 Å². The van der Waals surface area contributed by atoms with Crippen molar-refractivity contribution >= 4 is 51.9 Å². The summed E-state index contributed by atoms with van der Waals surface area (Å²) in [6.45, 7) is 3.01. The summed E-state index contributed by atoms with van der Waals surface area (Å²) in [5, 5.41) is 6.53. The van der Waals surface area contributed by atoms with Crippen LogP contribution in [0.5, 0.6) is 5.88 Å². The van der Waals surface area contributed by atoms with Gasteiger partial charge in [-0.15, -0.1) is 11.8 Å². The van der Waals surface area contributed by atoms with Crippen molar-refractivity contribution in [2.24, 2.45) is 0 Å². The lowest BCUT2D eigenvalue weighted by molar-refractivity contribution is -0.113. The Bertz CT molecular complexity index is 1350. The molecule has 2 fully saturated rings. The fraction of sp³-hybridized carbons (Fsp3) is 0.385. The summed E-state index contributed by atoms with van der Waals surface area (Å²) in [7, 11) is 1.61. The molecule has 3 aromatic rings. The maximum Gasteiger partial charge on any atom is 0.414 e. The van der Waals surface area contributed by atoms with Crippen molar-refractivity contribution in [2.45, 2.75) is 29.9 Å². The highest BCUT2D eigenvalue weighted by Gasteiger charge is 2.35. The van der Waals surface area contributed by atoms with Crippen LogP contribution in [0.15, 0.2) is 47.5 Å². The molecule has 11 heteroatoms. The molecule has 0 bridgehead atoms. The van der Waals surface area contributed by atoms with Crippen LogP contribution < -0.4 is 20.3 Å². The van der Waals surface area contributed by atoms with Crippen molar-refractivity contribution < 1.29 is 19.1 Å². The number of carbonyl (C=O) groups is 2. The van der Waals surface area contributed by atoms with Gasteiger partial charge in [-0.2, -0.15) is 0 Å². The van der Waals surface area contributed by atoms with E-state index in [1.54, 1.807) is 18.2 Å². The zero-order valence-electron chi connectivity index (χ0n) is 20.5. The topological polar surface area (TPSA) is 109 Å². The summed E-state index contributed by atoms with van der Waals surface area (Å²) in [5.41, 5.74) is 4.09. The Morgan fingerprint density at radius 2 is 2.05 bits per heavy atom. The van der Waals surface area contributed by atoms with E-state index in [1.165, 1.54) is 11.8 Å². The number of benzene rings is 1. The summed E-state index contributed by atoms with van der Waals surface area (Å²) in [6, 6.07) is 11.7. The minimum Gasteiger partial charge on any atom is -0.481 e. The lowest BCUT2D eigenvalue weighted by atomic mass is 10.0. The minimum absolute atomic E-state index is 0.0254. The first kappa shape index (κ1) is 23.8. The van der Waals surface area contributed by atoms with Crippen LogP contribution in [-0.2, 0) is 9.53 Å². The standard InChI is InChI=1S/C26H28N6O4S/c1-35-24-5-3-19-25(30-24)20(6-9-27-19)28-16-7-10-31(11-8-16)13-18-14-32(26(34)36-18)17-2-4-22-21(12-17)29-23(33)15-37-22/h2-6,9,12,16,18H,7-8,10-11,13-15H2,1H3,(H,27,28)(H,29,33)/t18-/m1/s1. The first-order valence-corrected chi connectivity index (χ1v) is 13.4. The molecule has 37 heavy (non-hydrogen) atoms. The lowest BCUT2D eigenvalue weighted by Crippen LogP contribution is -2.43. The molecule has 2 amide bonds. The maximum atomic E-state index is 12.6. The quantitative estimate of drug-likeness (QED) is 0.504. The van der Waals surface area contributed by atoms with Crippen LogP contribution in [-0.4, -0.2) is 78.1 Å². The molecule has 6 rings (SSSR count). The number of hydrogen-bond acceptors (Lipinski definition) is 9. The molecule has 2 saturated heterocycles. The smallest absolute Gasteiger partial charge is 0.414 e. The van der Waals surface area contributed by atoms with Crippen LogP contribution in [0.2, 0.25) is 0 Å². The van der Waals surface area contributed by atoms with Crippen molar-refractivity contribution in [3.05, 3.63) is 42.6 Å². The van der Waals surface area contributed by atoms with E-state index in [4.69, 9.17) is 9.47 Å². The van der Waals surface area contributed by atoms with E-state index in [2.05, 4.69) is 25.5 Å². The number of nitrogens with one attached hydrogen (secondary N) is 2. The molecule has 0 spiro atoms. The number of hydrogen-bond donors (Lipinski definition) is 2. The number of piperidine rings is 1. The molecule has 3 aliphatic rings. The van der Waals surface area contributed by atoms with Crippen molar-refractivity contribution in [1.29, 1.82) is 0 Å². The highest BCUT2D eigenvalue weighted by atomic mass is 32.2. The Hall–Kier alpha value is -3.57. The molecule has 0 aliphatic carbocycles. The van der Waals surface area contributed by atoms with Crippen molar-refractivity contribution in [3.8, 4) is 5.88 Å². The number of likely N-dealkylation sites (tertiary alicyclic amines) is 1. The van der Waals surface area contributed by atoms with Gasteiger partial charge >= 0.3 is 6.09 Å². The van der Waals surface area contributed by atoms with Crippen LogP contribution >= 0.6 is 11.8 Å². The van der Waals surface area contributed by atoms with E-state index in [0.29, 0.717) is 30.8 Å². The third kappa shape index (κ3) is 5.01. The predicted octanol–water partition coefficient (Wildman–Crippen LogP) is 3.58. The van der Waals surface area contributed by atoms with Gasteiger partial charge in [-0.05, 0) is 43.2 Å². The van der Waals surface area contributed by atoms with E-state index < -0.39 is 0 Å². The summed E-state index contributed by atoms with van der Waals surface area (Å²) in [4.78, 5) is 38.4. The number of ether oxygens (including phenoxy) is 2.